The van der Waals surface area contributed by atoms with Gasteiger partial charge in [0, 0.05) is 40.9 Å². The number of rotatable bonds is 6. The summed E-state index contributed by atoms with van der Waals surface area (Å²) in [5, 5.41) is 7.17. The number of carbonyl (C=O) groups is 2. The lowest BCUT2D eigenvalue weighted by atomic mass is 9.89. The molecule has 0 atom stereocenters. The van der Waals surface area contributed by atoms with E-state index in [9.17, 15) is 18.4 Å². The van der Waals surface area contributed by atoms with Crippen molar-refractivity contribution in [2.24, 2.45) is 0 Å². The van der Waals surface area contributed by atoms with Crippen LogP contribution in [0.3, 0.4) is 0 Å². The third-order valence-electron chi connectivity index (χ3n) is 6.49. The zero-order chi connectivity index (χ0) is 25.9. The molecule has 2 aromatic heterocycles. The highest BCUT2D eigenvalue weighted by molar-refractivity contribution is 9.10. The molecule has 4 aromatic rings. The van der Waals surface area contributed by atoms with Gasteiger partial charge in [0.1, 0.15) is 0 Å². The van der Waals surface area contributed by atoms with Gasteiger partial charge in [-0.2, -0.15) is 0 Å². The van der Waals surface area contributed by atoms with Crippen LogP contribution in [-0.4, -0.2) is 39.9 Å². The second-order valence-corrected chi connectivity index (χ2v) is 9.93. The minimum Gasteiger partial charge on any atom is -0.351 e. The smallest absolute Gasteiger partial charge is 0.292 e. The van der Waals surface area contributed by atoms with E-state index < -0.39 is 18.0 Å². The third-order valence-corrected chi connectivity index (χ3v) is 6.92. The Morgan fingerprint density at radius 3 is 2.54 bits per heavy atom. The summed E-state index contributed by atoms with van der Waals surface area (Å²) in [6.45, 7) is 0.981. The molecule has 190 valence electrons. The monoisotopic (exact) mass is 568 g/mol. The van der Waals surface area contributed by atoms with Crippen molar-refractivity contribution in [3.05, 3.63) is 87.8 Å². The number of fused-ring (bicyclic) bond motifs is 1. The number of alkyl halides is 2. The number of anilines is 1. The van der Waals surface area contributed by atoms with Gasteiger partial charge in [-0.05, 0) is 76.1 Å². The number of likely N-dealkylation sites (tertiary alicyclic amines) is 1. The summed E-state index contributed by atoms with van der Waals surface area (Å²) in [6.07, 6.45) is 0.691. The van der Waals surface area contributed by atoms with Crippen molar-refractivity contribution in [1.29, 1.82) is 0 Å². The van der Waals surface area contributed by atoms with Gasteiger partial charge in [-0.25, -0.2) is 8.78 Å². The van der Waals surface area contributed by atoms with Crippen LogP contribution in [0.5, 0.6) is 0 Å². The maximum absolute atomic E-state index is 12.7. The fourth-order valence-corrected chi connectivity index (χ4v) is 4.91. The molecule has 2 amide bonds. The molecule has 0 spiro atoms. The minimum absolute atomic E-state index is 0.107. The van der Waals surface area contributed by atoms with Crippen LogP contribution in [0.1, 0.15) is 52.6 Å². The molecule has 37 heavy (non-hydrogen) atoms. The summed E-state index contributed by atoms with van der Waals surface area (Å²) in [7, 11) is 0. The average Bonchev–Trinajstić information content (AvgIpc) is 3.39. The standard InChI is InChI=1S/C27H23BrF2N4O3/c28-20-13-19-11-16(1-6-22(19)31-15-20)12-25(35)32-21-4-2-17(3-5-21)18-7-9-34(10-8-18)27(36)24-14-23(26(29)30)33-37-24/h1-6,11,13-15,18,26H,7-10,12H2,(H,32,35). The Hall–Kier alpha value is -3.66. The van der Waals surface area contributed by atoms with Gasteiger partial charge < -0.3 is 14.7 Å². The number of amides is 2. The van der Waals surface area contributed by atoms with Crippen molar-refractivity contribution in [2.75, 3.05) is 18.4 Å². The first-order chi connectivity index (χ1) is 17.9. The van der Waals surface area contributed by atoms with Gasteiger partial charge in [0.05, 0.1) is 11.9 Å². The van der Waals surface area contributed by atoms with Crippen molar-refractivity contribution >= 4 is 44.3 Å². The number of hydrogen-bond donors (Lipinski definition) is 1. The number of hydrogen-bond acceptors (Lipinski definition) is 5. The van der Waals surface area contributed by atoms with Crippen molar-refractivity contribution < 1.29 is 22.9 Å². The lowest BCUT2D eigenvalue weighted by Gasteiger charge is -2.31. The lowest BCUT2D eigenvalue weighted by Crippen LogP contribution is -2.37. The molecule has 1 fully saturated rings. The molecule has 0 bridgehead atoms. The van der Waals surface area contributed by atoms with Gasteiger partial charge in [0.2, 0.25) is 11.7 Å². The van der Waals surface area contributed by atoms with Gasteiger partial charge in [-0.3, -0.25) is 14.6 Å². The Labute approximate surface area is 220 Å². The molecule has 0 radical (unpaired) electrons. The molecular formula is C27H23BrF2N4O3. The molecule has 5 rings (SSSR count). The first kappa shape index (κ1) is 25.0. The summed E-state index contributed by atoms with van der Waals surface area (Å²) < 4.78 is 31.1. The lowest BCUT2D eigenvalue weighted by molar-refractivity contribution is -0.115. The number of aromatic nitrogens is 2. The molecule has 7 nitrogen and oxygen atoms in total. The Morgan fingerprint density at radius 2 is 1.84 bits per heavy atom. The molecule has 0 aliphatic carbocycles. The summed E-state index contributed by atoms with van der Waals surface area (Å²) in [5.41, 5.74) is 3.08. The van der Waals surface area contributed by atoms with E-state index in [1.54, 1.807) is 11.1 Å². The number of benzene rings is 2. The van der Waals surface area contributed by atoms with Crippen LogP contribution < -0.4 is 5.32 Å². The maximum Gasteiger partial charge on any atom is 0.292 e. The van der Waals surface area contributed by atoms with Crippen molar-refractivity contribution in [3.8, 4) is 0 Å². The van der Waals surface area contributed by atoms with Crippen molar-refractivity contribution in [3.63, 3.8) is 0 Å². The van der Waals surface area contributed by atoms with Crippen molar-refractivity contribution in [1.82, 2.24) is 15.0 Å². The minimum atomic E-state index is -2.78. The number of pyridine rings is 1. The molecule has 1 aliphatic rings. The number of nitrogens with one attached hydrogen (secondary N) is 1. The fraction of sp³-hybridized carbons (Fsp3) is 0.259. The van der Waals surface area contributed by atoms with E-state index in [0.717, 1.165) is 45.4 Å². The van der Waals surface area contributed by atoms with Gasteiger partial charge in [0.15, 0.2) is 5.69 Å². The fourth-order valence-electron chi connectivity index (χ4n) is 4.56. The van der Waals surface area contributed by atoms with Gasteiger partial charge in [0.25, 0.3) is 12.3 Å². The maximum atomic E-state index is 12.7. The predicted octanol–water partition coefficient (Wildman–Crippen LogP) is 6.12. The van der Waals surface area contributed by atoms with E-state index in [-0.39, 0.29) is 24.0 Å². The Bertz CT molecular complexity index is 1430. The summed E-state index contributed by atoms with van der Waals surface area (Å²) >= 11 is 3.42. The van der Waals surface area contributed by atoms with E-state index in [1.807, 2.05) is 48.5 Å². The van der Waals surface area contributed by atoms with Gasteiger partial charge >= 0.3 is 0 Å². The molecule has 3 heterocycles. The number of carbonyl (C=O) groups excluding carboxylic acids is 2. The number of piperidine rings is 1. The Kier molecular flexibility index (Phi) is 7.27. The highest BCUT2D eigenvalue weighted by atomic mass is 79.9. The summed E-state index contributed by atoms with van der Waals surface area (Å²) in [5.74, 6) is -0.441. The topological polar surface area (TPSA) is 88.3 Å². The molecule has 1 aliphatic heterocycles. The van der Waals surface area contributed by atoms with Gasteiger partial charge in [-0.1, -0.05) is 23.4 Å². The zero-order valence-corrected chi connectivity index (χ0v) is 21.3. The molecule has 10 heteroatoms. The van der Waals surface area contributed by atoms with Crippen molar-refractivity contribution in [2.45, 2.75) is 31.6 Å². The zero-order valence-electron chi connectivity index (χ0n) is 19.7. The summed E-state index contributed by atoms with van der Waals surface area (Å²) in [4.78, 5) is 31.1. The Morgan fingerprint density at radius 1 is 1.08 bits per heavy atom. The quantitative estimate of drug-likeness (QED) is 0.302. The van der Waals surface area contributed by atoms with E-state index >= 15 is 0 Å². The van der Waals surface area contributed by atoms with E-state index in [2.05, 4.69) is 31.4 Å². The molecule has 0 saturated carbocycles. The average molecular weight is 569 g/mol. The largest absolute Gasteiger partial charge is 0.351 e. The number of nitrogens with zero attached hydrogens (tertiary/aromatic N) is 3. The van der Waals surface area contributed by atoms with E-state index in [0.29, 0.717) is 18.8 Å². The van der Waals surface area contributed by atoms with E-state index in [1.165, 1.54) is 0 Å². The van der Waals surface area contributed by atoms with Crippen LogP contribution >= 0.6 is 15.9 Å². The number of halogens is 3. The highest BCUT2D eigenvalue weighted by Crippen LogP contribution is 2.30. The highest BCUT2D eigenvalue weighted by Gasteiger charge is 2.28. The first-order valence-corrected chi connectivity index (χ1v) is 12.6. The third kappa shape index (κ3) is 5.85. The van der Waals surface area contributed by atoms with Crippen LogP contribution in [0.4, 0.5) is 14.5 Å². The first-order valence-electron chi connectivity index (χ1n) is 11.8. The molecule has 1 saturated heterocycles. The van der Waals surface area contributed by atoms with Crippen LogP contribution in [0, 0.1) is 0 Å². The molecule has 0 unspecified atom stereocenters. The second kappa shape index (κ2) is 10.8. The Balaban J connectivity index is 1.14. The van der Waals surface area contributed by atoms with Crippen LogP contribution in [0.2, 0.25) is 0 Å². The SMILES string of the molecule is O=C(Cc1ccc2ncc(Br)cc2c1)Nc1ccc(C2CCN(C(=O)c3cc(C(F)F)no3)CC2)cc1. The summed E-state index contributed by atoms with van der Waals surface area (Å²) in [6, 6.07) is 16.5. The van der Waals surface area contributed by atoms with Crippen LogP contribution in [-0.2, 0) is 11.2 Å². The predicted molar refractivity (Wildman–Crippen MR) is 138 cm³/mol. The second-order valence-electron chi connectivity index (χ2n) is 9.01. The normalized spacial score (nSPS) is 14.3. The van der Waals surface area contributed by atoms with Crippen LogP contribution in [0.15, 0.2) is 69.8 Å². The molecular weight excluding hydrogens is 546 g/mol. The van der Waals surface area contributed by atoms with Crippen LogP contribution in [0.25, 0.3) is 10.9 Å². The van der Waals surface area contributed by atoms with E-state index in [4.69, 9.17) is 4.52 Å². The molecule has 2 aromatic carbocycles. The van der Waals surface area contributed by atoms with Gasteiger partial charge in [-0.15, -0.1) is 0 Å². The molecule has 1 N–H and O–H groups in total.